The minimum atomic E-state index is -0.775. The zero-order chi connectivity index (χ0) is 23.3. The average Bonchev–Trinajstić information content (AvgIpc) is 3.21. The van der Waals surface area contributed by atoms with Gasteiger partial charge in [0.15, 0.2) is 0 Å². The fourth-order valence-electron chi connectivity index (χ4n) is 3.26. The number of aromatic nitrogens is 2. The van der Waals surface area contributed by atoms with E-state index in [1.807, 2.05) is 0 Å². The summed E-state index contributed by atoms with van der Waals surface area (Å²) in [5, 5.41) is 14.3. The number of esters is 1. The van der Waals surface area contributed by atoms with E-state index in [1.165, 1.54) is 30.0 Å². The van der Waals surface area contributed by atoms with Crippen LogP contribution >= 0.6 is 0 Å². The summed E-state index contributed by atoms with van der Waals surface area (Å²) in [5.74, 6) is -1.83. The van der Waals surface area contributed by atoms with Crippen LogP contribution in [0.15, 0.2) is 30.6 Å². The summed E-state index contributed by atoms with van der Waals surface area (Å²) >= 11 is 0. The number of nitrogens with zero attached hydrogens (tertiary/aromatic N) is 4. The number of hydrogen-bond acceptors (Lipinski definition) is 10. The first-order valence-electron chi connectivity index (χ1n) is 9.54. The SMILES string of the molecule is CC(=O)Oc1cccc(Oc2ncnc(N3CCCC3C(=O)NCC(N)=O)c2[N+](=O)[O-])c1. The predicted molar refractivity (Wildman–Crippen MR) is 109 cm³/mol. The number of ether oxygens (including phenoxy) is 2. The van der Waals surface area contributed by atoms with Crippen LogP contribution in [0.25, 0.3) is 0 Å². The van der Waals surface area contributed by atoms with Crippen LogP contribution in [0.3, 0.4) is 0 Å². The molecule has 2 amide bonds. The van der Waals surface area contributed by atoms with E-state index in [1.54, 1.807) is 6.07 Å². The van der Waals surface area contributed by atoms with Gasteiger partial charge in [0.05, 0.1) is 11.5 Å². The predicted octanol–water partition coefficient (Wildman–Crippen LogP) is 0.673. The lowest BCUT2D eigenvalue weighted by molar-refractivity contribution is -0.385. The molecule has 3 N–H and O–H groups in total. The van der Waals surface area contributed by atoms with Gasteiger partial charge in [0, 0.05) is 19.5 Å². The molecular formula is C19H20N6O7. The lowest BCUT2D eigenvalue weighted by Crippen LogP contribution is -2.46. The Labute approximate surface area is 181 Å². The van der Waals surface area contributed by atoms with E-state index in [-0.39, 0.29) is 29.7 Å². The van der Waals surface area contributed by atoms with E-state index in [0.29, 0.717) is 19.4 Å². The maximum Gasteiger partial charge on any atom is 0.373 e. The first kappa shape index (κ1) is 22.4. The number of nitrogens with two attached hydrogens (primary N) is 1. The van der Waals surface area contributed by atoms with E-state index in [2.05, 4.69) is 15.3 Å². The maximum atomic E-state index is 12.5. The minimum Gasteiger partial charge on any atom is -0.433 e. The molecule has 13 nitrogen and oxygen atoms in total. The summed E-state index contributed by atoms with van der Waals surface area (Å²) in [6, 6.07) is 5.18. The number of anilines is 1. The third kappa shape index (κ3) is 5.24. The van der Waals surface area contributed by atoms with Gasteiger partial charge in [-0.05, 0) is 25.0 Å². The highest BCUT2D eigenvalue weighted by atomic mass is 16.6. The van der Waals surface area contributed by atoms with Crippen molar-refractivity contribution < 1.29 is 28.8 Å². The van der Waals surface area contributed by atoms with Gasteiger partial charge < -0.3 is 25.4 Å². The molecule has 1 fully saturated rings. The number of rotatable bonds is 8. The van der Waals surface area contributed by atoms with E-state index < -0.39 is 34.4 Å². The number of amides is 2. The zero-order valence-corrected chi connectivity index (χ0v) is 17.0. The van der Waals surface area contributed by atoms with E-state index in [0.717, 1.165) is 6.33 Å². The van der Waals surface area contributed by atoms with Crippen LogP contribution < -0.4 is 25.4 Å². The first-order chi connectivity index (χ1) is 15.3. The average molecular weight is 444 g/mol. The normalized spacial score (nSPS) is 15.2. The Morgan fingerprint density at radius 2 is 2.06 bits per heavy atom. The molecule has 1 aromatic carbocycles. The van der Waals surface area contributed by atoms with Gasteiger partial charge in [-0.15, -0.1) is 0 Å². The van der Waals surface area contributed by atoms with Crippen LogP contribution in [-0.2, 0) is 14.4 Å². The second kappa shape index (κ2) is 9.68. The van der Waals surface area contributed by atoms with Gasteiger partial charge in [-0.2, -0.15) is 4.98 Å². The molecule has 1 aliphatic rings. The second-order valence-electron chi connectivity index (χ2n) is 6.81. The van der Waals surface area contributed by atoms with Gasteiger partial charge in [-0.25, -0.2) is 4.98 Å². The van der Waals surface area contributed by atoms with Gasteiger partial charge in [-0.3, -0.25) is 24.5 Å². The summed E-state index contributed by atoms with van der Waals surface area (Å²) in [7, 11) is 0. The highest BCUT2D eigenvalue weighted by molar-refractivity contribution is 5.89. The van der Waals surface area contributed by atoms with Crippen molar-refractivity contribution in [2.45, 2.75) is 25.8 Å². The van der Waals surface area contributed by atoms with Crippen molar-refractivity contribution in [1.29, 1.82) is 0 Å². The molecule has 2 heterocycles. The van der Waals surface area contributed by atoms with Crippen LogP contribution in [0.1, 0.15) is 19.8 Å². The molecule has 13 heteroatoms. The molecule has 0 aliphatic carbocycles. The van der Waals surface area contributed by atoms with Crippen molar-refractivity contribution in [2.24, 2.45) is 5.73 Å². The largest absolute Gasteiger partial charge is 0.433 e. The number of hydrogen-bond donors (Lipinski definition) is 2. The molecule has 1 atom stereocenters. The second-order valence-corrected chi connectivity index (χ2v) is 6.81. The molecule has 1 aliphatic heterocycles. The van der Waals surface area contributed by atoms with Gasteiger partial charge >= 0.3 is 17.5 Å². The molecule has 1 unspecified atom stereocenters. The van der Waals surface area contributed by atoms with Gasteiger partial charge in [-0.1, -0.05) is 6.07 Å². The Morgan fingerprint density at radius 3 is 2.75 bits per heavy atom. The van der Waals surface area contributed by atoms with Gasteiger partial charge in [0.1, 0.15) is 23.9 Å². The number of nitrogens with one attached hydrogen (secondary N) is 1. The van der Waals surface area contributed by atoms with Crippen molar-refractivity contribution in [1.82, 2.24) is 15.3 Å². The molecule has 3 rings (SSSR count). The molecular weight excluding hydrogens is 424 g/mol. The smallest absolute Gasteiger partial charge is 0.373 e. The van der Waals surface area contributed by atoms with Crippen LogP contribution in [0.5, 0.6) is 17.4 Å². The van der Waals surface area contributed by atoms with Crippen molar-refractivity contribution >= 4 is 29.3 Å². The van der Waals surface area contributed by atoms with Gasteiger partial charge in [0.25, 0.3) is 0 Å². The lowest BCUT2D eigenvalue weighted by atomic mass is 10.2. The molecule has 0 bridgehead atoms. The monoisotopic (exact) mass is 444 g/mol. The molecule has 0 saturated carbocycles. The summed E-state index contributed by atoms with van der Waals surface area (Å²) < 4.78 is 10.6. The number of benzene rings is 1. The molecule has 2 aromatic rings. The fourth-order valence-corrected chi connectivity index (χ4v) is 3.26. The van der Waals surface area contributed by atoms with Crippen molar-refractivity contribution in [2.75, 3.05) is 18.0 Å². The summed E-state index contributed by atoms with van der Waals surface area (Å²) in [5.41, 5.74) is 4.53. The molecule has 32 heavy (non-hydrogen) atoms. The highest BCUT2D eigenvalue weighted by Crippen LogP contribution is 2.39. The zero-order valence-electron chi connectivity index (χ0n) is 17.0. The molecule has 0 radical (unpaired) electrons. The number of carbonyl (C=O) groups is 3. The number of nitro groups is 1. The van der Waals surface area contributed by atoms with Crippen molar-refractivity contribution in [3.8, 4) is 17.4 Å². The van der Waals surface area contributed by atoms with Crippen molar-refractivity contribution in [3.63, 3.8) is 0 Å². The van der Waals surface area contributed by atoms with E-state index in [4.69, 9.17) is 15.2 Å². The van der Waals surface area contributed by atoms with Crippen LogP contribution in [0, 0.1) is 10.1 Å². The van der Waals surface area contributed by atoms with Crippen LogP contribution in [0.4, 0.5) is 11.5 Å². The summed E-state index contributed by atoms with van der Waals surface area (Å²) in [6.07, 6.45) is 2.08. The Balaban J connectivity index is 1.91. The Kier molecular flexibility index (Phi) is 6.77. The third-order valence-electron chi connectivity index (χ3n) is 4.50. The Hall–Kier alpha value is -4.29. The first-order valence-corrected chi connectivity index (χ1v) is 9.54. The topological polar surface area (TPSA) is 180 Å². The fraction of sp³-hybridized carbons (Fsp3) is 0.316. The number of primary amides is 1. The lowest BCUT2D eigenvalue weighted by Gasteiger charge is -2.24. The quantitative estimate of drug-likeness (QED) is 0.254. The molecule has 0 spiro atoms. The number of carbonyl (C=O) groups excluding carboxylic acids is 3. The molecule has 1 saturated heterocycles. The minimum absolute atomic E-state index is 0.0899. The summed E-state index contributed by atoms with van der Waals surface area (Å²) in [6.45, 7) is 1.22. The standard InChI is InChI=1S/C19H20N6O7/c1-11(26)31-12-4-2-5-13(8-12)32-19-16(25(29)30)17(22-10-23-19)24-7-3-6-14(24)18(28)21-9-15(20)27/h2,4-5,8,10,14H,3,6-7,9H2,1H3,(H2,20,27)(H,21,28). The maximum absolute atomic E-state index is 12.5. The Bertz CT molecular complexity index is 1060. The van der Waals surface area contributed by atoms with Crippen molar-refractivity contribution in [3.05, 3.63) is 40.7 Å². The highest BCUT2D eigenvalue weighted by Gasteiger charge is 2.38. The third-order valence-corrected chi connectivity index (χ3v) is 4.50. The summed E-state index contributed by atoms with van der Waals surface area (Å²) in [4.78, 5) is 55.1. The molecule has 168 valence electrons. The molecule has 1 aromatic heterocycles. The van der Waals surface area contributed by atoms with E-state index >= 15 is 0 Å². The Morgan fingerprint density at radius 1 is 1.31 bits per heavy atom. The van der Waals surface area contributed by atoms with E-state index in [9.17, 15) is 24.5 Å². The van der Waals surface area contributed by atoms with Gasteiger partial charge in [0.2, 0.25) is 17.6 Å². The van der Waals surface area contributed by atoms with Crippen LogP contribution in [-0.4, -0.2) is 51.8 Å². The van der Waals surface area contributed by atoms with Crippen LogP contribution in [0.2, 0.25) is 0 Å².